The van der Waals surface area contributed by atoms with Gasteiger partial charge in [-0.25, -0.2) is 0 Å². The number of nitrogen functional groups attached to an aromatic ring is 2. The summed E-state index contributed by atoms with van der Waals surface area (Å²) < 4.78 is 0. The average Bonchev–Trinajstić information content (AvgIpc) is 2.89. The minimum atomic E-state index is -0.193. The molecule has 2 heterocycles. The lowest BCUT2D eigenvalue weighted by Gasteiger charge is -2.11. The Hall–Kier alpha value is -5.54. The molecule has 11 N–H and O–H groups in total. The fourth-order valence-electron chi connectivity index (χ4n) is 3.37. The van der Waals surface area contributed by atoms with Crippen LogP contribution in [0.25, 0.3) is 0 Å². The Morgan fingerprint density at radius 3 is 1.79 bits per heavy atom. The first-order valence-corrected chi connectivity index (χ1v) is 11.7. The molecule has 0 saturated heterocycles. The third-order valence-electron chi connectivity index (χ3n) is 5.24. The molecule has 0 bridgehead atoms. The van der Waals surface area contributed by atoms with Gasteiger partial charge in [-0.1, -0.05) is 12.1 Å². The summed E-state index contributed by atoms with van der Waals surface area (Å²) >= 11 is 0. The number of phenolic OH excluding ortho intramolecular Hbond substituents is 3. The first kappa shape index (κ1) is 26.5. The number of anilines is 6. The fourth-order valence-corrected chi connectivity index (χ4v) is 3.37. The second-order valence-electron chi connectivity index (χ2n) is 8.11. The van der Waals surface area contributed by atoms with E-state index in [1.165, 1.54) is 12.1 Å². The molecule has 0 atom stereocenters. The highest BCUT2D eigenvalue weighted by molar-refractivity contribution is 5.45. The number of benzene rings is 2. The van der Waals surface area contributed by atoms with E-state index < -0.39 is 0 Å². The van der Waals surface area contributed by atoms with Crippen molar-refractivity contribution in [1.29, 1.82) is 0 Å². The van der Waals surface area contributed by atoms with Gasteiger partial charge in [-0.2, -0.15) is 35.4 Å². The van der Waals surface area contributed by atoms with Crippen molar-refractivity contribution in [2.24, 2.45) is 0 Å². The van der Waals surface area contributed by atoms with Crippen LogP contribution < -0.4 is 37.7 Å². The Bertz CT molecular complexity index is 1440. The maximum atomic E-state index is 10.4. The van der Waals surface area contributed by atoms with E-state index in [-0.39, 0.29) is 46.8 Å². The van der Waals surface area contributed by atoms with Crippen LogP contribution in [0.2, 0.25) is 0 Å². The van der Waals surface area contributed by atoms with E-state index in [1.54, 1.807) is 31.3 Å². The number of rotatable bonds is 12. The third-order valence-corrected chi connectivity index (χ3v) is 5.24. The summed E-state index contributed by atoms with van der Waals surface area (Å²) in [7, 11) is 1.68. The number of phenols is 3. The Morgan fingerprint density at radius 1 is 0.667 bits per heavy atom. The Morgan fingerprint density at radius 2 is 1.21 bits per heavy atom. The molecule has 2 aromatic carbocycles. The van der Waals surface area contributed by atoms with E-state index in [4.69, 9.17) is 16.3 Å². The van der Waals surface area contributed by atoms with Gasteiger partial charge in [0.05, 0.1) is 0 Å². The van der Waals surface area contributed by atoms with E-state index >= 15 is 0 Å². The molecule has 4 rings (SSSR count). The highest BCUT2D eigenvalue weighted by Gasteiger charge is 2.09. The van der Waals surface area contributed by atoms with E-state index in [0.717, 1.165) is 11.1 Å². The number of aromatic hydroxyl groups is 3. The second-order valence-corrected chi connectivity index (χ2v) is 8.11. The molecule has 0 aliphatic rings. The van der Waals surface area contributed by atoms with Crippen LogP contribution in [0.1, 0.15) is 11.1 Å². The maximum Gasteiger partial charge on any atom is 0.263 e. The minimum Gasteiger partial charge on any atom is -0.504 e. The van der Waals surface area contributed by atoms with Crippen molar-refractivity contribution in [3.8, 4) is 23.0 Å². The fraction of sp³-hybridized carbons (Fsp3) is 0.217. The summed E-state index contributed by atoms with van der Waals surface area (Å²) in [5.74, 6) is 0.646. The maximum absolute atomic E-state index is 10.4. The number of nitrogens with two attached hydrogens (primary N) is 2. The molecule has 0 fully saturated rings. The molecule has 16 heteroatoms. The van der Waals surface area contributed by atoms with Gasteiger partial charge in [0.1, 0.15) is 0 Å². The monoisotopic (exact) mass is 536 g/mol. The van der Waals surface area contributed by atoms with Gasteiger partial charge in [0.25, 0.3) is 5.95 Å². The van der Waals surface area contributed by atoms with E-state index in [2.05, 4.69) is 51.3 Å². The minimum absolute atomic E-state index is 0.0255. The van der Waals surface area contributed by atoms with Gasteiger partial charge in [0.2, 0.25) is 29.7 Å². The van der Waals surface area contributed by atoms with Gasteiger partial charge in [-0.05, 0) is 48.2 Å². The zero-order chi connectivity index (χ0) is 27.8. The van der Waals surface area contributed by atoms with Crippen molar-refractivity contribution >= 4 is 35.7 Å². The molecule has 16 nitrogen and oxygen atoms in total. The molecule has 0 aliphatic heterocycles. The molecule has 0 radical (unpaired) electrons. The van der Waals surface area contributed by atoms with E-state index in [9.17, 15) is 15.3 Å². The molecule has 2 aromatic heterocycles. The van der Waals surface area contributed by atoms with Crippen LogP contribution in [0.4, 0.5) is 35.7 Å². The molecular formula is C23H28N12O4. The topological polar surface area (TPSA) is 247 Å². The van der Waals surface area contributed by atoms with Crippen LogP contribution in [-0.4, -0.2) is 65.4 Å². The Kier molecular flexibility index (Phi) is 8.25. The lowest BCUT2D eigenvalue weighted by molar-refractivity contribution is 0.363. The van der Waals surface area contributed by atoms with Gasteiger partial charge in [-0.15, -0.1) is 0 Å². The van der Waals surface area contributed by atoms with Gasteiger partial charge >= 0.3 is 0 Å². The largest absolute Gasteiger partial charge is 0.504 e. The van der Waals surface area contributed by atoms with Gasteiger partial charge in [0, 0.05) is 20.1 Å². The predicted octanol–water partition coefficient (Wildman–Crippen LogP) is 1.09. The number of nitrogens with zero attached hydrogens (tertiary/aromatic N) is 6. The number of hydrogen-bond acceptors (Lipinski definition) is 16. The summed E-state index contributed by atoms with van der Waals surface area (Å²) in [6.07, 6.45) is 1.08. The van der Waals surface area contributed by atoms with Crippen molar-refractivity contribution in [3.05, 3.63) is 47.5 Å². The lowest BCUT2D eigenvalue weighted by atomic mass is 10.1. The first-order chi connectivity index (χ1) is 18.8. The van der Waals surface area contributed by atoms with Crippen LogP contribution in [0.5, 0.6) is 23.0 Å². The van der Waals surface area contributed by atoms with E-state index in [1.807, 2.05) is 0 Å². The van der Waals surface area contributed by atoms with Crippen molar-refractivity contribution in [2.75, 3.05) is 53.0 Å². The zero-order valence-corrected chi connectivity index (χ0v) is 20.9. The quantitative estimate of drug-likeness (QED) is 0.0907. The van der Waals surface area contributed by atoms with Gasteiger partial charge in [-0.3, -0.25) is 0 Å². The second kappa shape index (κ2) is 12.1. The molecule has 204 valence electrons. The van der Waals surface area contributed by atoms with Crippen molar-refractivity contribution < 1.29 is 20.2 Å². The summed E-state index contributed by atoms with van der Waals surface area (Å²) in [6, 6.07) is 9.52. The summed E-state index contributed by atoms with van der Waals surface area (Å²) in [6.45, 7) is 0.903. The predicted molar refractivity (Wildman–Crippen MR) is 145 cm³/mol. The van der Waals surface area contributed by atoms with Crippen LogP contribution in [0.15, 0.2) is 36.4 Å². The molecule has 0 aliphatic carbocycles. The highest BCUT2D eigenvalue weighted by atomic mass is 16.7. The SMILES string of the molecule is CNc1nc(N)nc(NCCc2ccc(ONc3nc(N)nc(NCCc4ccc(O)c(O)c4)n3)c(O)c2)n1. The molecule has 0 saturated carbocycles. The van der Waals surface area contributed by atoms with Crippen molar-refractivity contribution in [1.82, 2.24) is 29.9 Å². The molecule has 0 spiro atoms. The van der Waals surface area contributed by atoms with Crippen LogP contribution >= 0.6 is 0 Å². The van der Waals surface area contributed by atoms with Crippen molar-refractivity contribution in [2.45, 2.75) is 12.8 Å². The molecular weight excluding hydrogens is 508 g/mol. The number of hydrogen-bond donors (Lipinski definition) is 9. The first-order valence-electron chi connectivity index (χ1n) is 11.7. The lowest BCUT2D eigenvalue weighted by Crippen LogP contribution is -2.14. The van der Waals surface area contributed by atoms with Crippen LogP contribution in [0, 0.1) is 0 Å². The van der Waals surface area contributed by atoms with Crippen LogP contribution in [0.3, 0.4) is 0 Å². The summed E-state index contributed by atoms with van der Waals surface area (Å²) in [5.41, 5.74) is 15.6. The molecule has 4 aromatic rings. The summed E-state index contributed by atoms with van der Waals surface area (Å²) in [5, 5.41) is 38.3. The Balaban J connectivity index is 1.28. The molecule has 39 heavy (non-hydrogen) atoms. The Labute approximate surface area is 222 Å². The average molecular weight is 537 g/mol. The summed E-state index contributed by atoms with van der Waals surface area (Å²) in [4.78, 5) is 29.8. The van der Waals surface area contributed by atoms with Gasteiger partial charge < -0.3 is 47.6 Å². The van der Waals surface area contributed by atoms with Crippen molar-refractivity contribution in [3.63, 3.8) is 0 Å². The van der Waals surface area contributed by atoms with Crippen LogP contribution in [-0.2, 0) is 12.8 Å². The van der Waals surface area contributed by atoms with E-state index in [0.29, 0.717) is 37.8 Å². The molecule has 0 unspecified atom stereocenters. The standard InChI is InChI=1S/C23H28N12O4/c1-26-20-29-18(24)30-21(33-20)27-9-7-13-3-5-17(16(38)11-13)39-35-23-32-19(25)31-22(34-23)28-8-6-12-2-4-14(36)15(37)10-12/h2-5,10-11,36-38H,6-9H2,1H3,(H4,24,26,27,29,30,33)(H4,25,28,31,32,34,35). The number of nitrogens with one attached hydrogen (secondary N) is 4. The third kappa shape index (κ3) is 7.48. The highest BCUT2D eigenvalue weighted by Crippen LogP contribution is 2.27. The normalized spacial score (nSPS) is 10.6. The smallest absolute Gasteiger partial charge is 0.263 e. The van der Waals surface area contributed by atoms with Gasteiger partial charge in [0.15, 0.2) is 23.0 Å². The zero-order valence-electron chi connectivity index (χ0n) is 20.9. The molecule has 0 amide bonds. The number of aromatic nitrogens is 6.